The van der Waals surface area contributed by atoms with E-state index >= 15 is 0 Å². The number of methoxy groups -OCH3 is 1. The number of fused-ring (bicyclic) bond motifs is 1. The number of ether oxygens (including phenoxy) is 2. The molecule has 1 aliphatic heterocycles. The van der Waals surface area contributed by atoms with Gasteiger partial charge in [-0.05, 0) is 189 Å². The van der Waals surface area contributed by atoms with Crippen LogP contribution < -0.4 is 15.6 Å². The zero-order chi connectivity index (χ0) is 38.1. The van der Waals surface area contributed by atoms with Gasteiger partial charge in [-0.3, -0.25) is 4.90 Å². The molecule has 59 heavy (non-hydrogen) atoms. The number of hydrogen-bond acceptors (Lipinski definition) is 3. The molecular formula is C55H39NO2Si. The van der Waals surface area contributed by atoms with Crippen molar-refractivity contribution in [3.05, 3.63) is 87.3 Å². The number of likely N-dealkylation sites (tertiary alicyclic amines) is 1. The maximum Gasteiger partial charge on any atom is 0.0775 e. The van der Waals surface area contributed by atoms with Crippen LogP contribution in [0.15, 0.2) is 54.6 Å². The molecule has 1 heterocycles. The van der Waals surface area contributed by atoms with Crippen molar-refractivity contribution in [3.8, 4) is 0 Å². The van der Waals surface area contributed by atoms with Crippen LogP contribution in [-0.2, 0) is 27.7 Å². The maximum absolute atomic E-state index is 6.34. The molecule has 0 saturated carbocycles. The lowest BCUT2D eigenvalue weighted by atomic mass is 9.60. The van der Waals surface area contributed by atoms with Gasteiger partial charge in [0.1, 0.15) is 0 Å². The molecule has 0 N–H and O–H groups in total. The average molecular weight is 774 g/mol. The molecule has 3 nitrogen and oxygen atoms in total. The van der Waals surface area contributed by atoms with Crippen molar-refractivity contribution in [2.45, 2.75) is 50.4 Å². The molecule has 0 bridgehead atoms. The van der Waals surface area contributed by atoms with Crippen LogP contribution >= 0.6 is 0 Å². The van der Waals surface area contributed by atoms with Gasteiger partial charge in [0.15, 0.2) is 0 Å². The fourth-order valence-corrected chi connectivity index (χ4v) is 17.6. The van der Waals surface area contributed by atoms with E-state index in [1.165, 1.54) is 27.1 Å². The minimum absolute atomic E-state index is 0.0490. The van der Waals surface area contributed by atoms with E-state index in [1.807, 2.05) is 0 Å². The molecule has 1 saturated heterocycles. The lowest BCUT2D eigenvalue weighted by molar-refractivity contribution is 0.0525. The zero-order valence-corrected chi connectivity index (χ0v) is 34.8. The third-order valence-electron chi connectivity index (χ3n) is 17.9. The highest BCUT2D eigenvalue weighted by Crippen LogP contribution is 2.70. The number of benzene rings is 9. The van der Waals surface area contributed by atoms with Gasteiger partial charge in [0.25, 0.3) is 0 Å². The molecule has 4 heteroatoms. The first-order chi connectivity index (χ1) is 28.9. The summed E-state index contributed by atoms with van der Waals surface area (Å²) in [5.41, 5.74) is 9.87. The number of nitrogens with zero attached hydrogens (tertiary/aromatic N) is 1. The second-order valence-electron chi connectivity index (χ2n) is 21.1. The SMILES string of the molecule is COCCOCCN1CC2C3=c4c5c6c7c(cc8cc9cc%10cc%11cc%12c%13c(c4c4c5c5c7c8c7c9c%10c8c%11c%13c4c8c75)=C(C3)C%12)CC62C1c1ccc([Si](C)(C)C)cc1. The van der Waals surface area contributed by atoms with Crippen LogP contribution in [0, 0.1) is 5.92 Å². The van der Waals surface area contributed by atoms with E-state index in [4.69, 9.17) is 9.47 Å². The summed E-state index contributed by atoms with van der Waals surface area (Å²) in [6, 6.07) is 23.5. The van der Waals surface area contributed by atoms with Gasteiger partial charge in [0.05, 0.1) is 27.9 Å². The Bertz CT molecular complexity index is 4190. The van der Waals surface area contributed by atoms with Gasteiger partial charge in [0.2, 0.25) is 0 Å². The van der Waals surface area contributed by atoms with E-state index in [9.17, 15) is 0 Å². The van der Waals surface area contributed by atoms with Crippen molar-refractivity contribution >= 4 is 143 Å². The third kappa shape index (κ3) is 2.71. The van der Waals surface area contributed by atoms with E-state index < -0.39 is 8.07 Å². The molecule has 0 radical (unpaired) electrons. The van der Waals surface area contributed by atoms with Crippen LogP contribution in [0.5, 0.6) is 0 Å². The Balaban J connectivity index is 1.08. The largest absolute Gasteiger partial charge is 0.382 e. The summed E-state index contributed by atoms with van der Waals surface area (Å²) < 4.78 is 11.7. The van der Waals surface area contributed by atoms with Crippen LogP contribution in [0.1, 0.15) is 34.7 Å². The number of hydrogen-bond donors (Lipinski definition) is 0. The molecule has 0 amide bonds. The topological polar surface area (TPSA) is 21.7 Å². The molecule has 18 rings (SSSR count). The van der Waals surface area contributed by atoms with E-state index in [2.05, 4.69) is 79.1 Å². The minimum Gasteiger partial charge on any atom is -0.382 e. The Morgan fingerprint density at radius 1 is 0.593 bits per heavy atom. The van der Waals surface area contributed by atoms with Crippen molar-refractivity contribution in [1.82, 2.24) is 4.90 Å². The second kappa shape index (κ2) is 8.71. The van der Waals surface area contributed by atoms with Gasteiger partial charge < -0.3 is 9.47 Å². The Morgan fingerprint density at radius 2 is 1.19 bits per heavy atom. The summed E-state index contributed by atoms with van der Waals surface area (Å²) in [7, 11) is 0.299. The molecule has 4 aliphatic carbocycles. The van der Waals surface area contributed by atoms with Gasteiger partial charge in [0, 0.05) is 37.6 Å². The first kappa shape index (κ1) is 30.0. The summed E-state index contributed by atoms with van der Waals surface area (Å²) in [4.78, 5) is 2.90. The van der Waals surface area contributed by atoms with Crippen molar-refractivity contribution in [2.24, 2.45) is 5.92 Å². The van der Waals surface area contributed by atoms with Gasteiger partial charge in [-0.2, -0.15) is 0 Å². The van der Waals surface area contributed by atoms with Gasteiger partial charge in [-0.15, -0.1) is 0 Å². The van der Waals surface area contributed by atoms with E-state index in [1.54, 1.807) is 148 Å². The lowest BCUT2D eigenvalue weighted by Gasteiger charge is -2.43. The van der Waals surface area contributed by atoms with E-state index in [-0.39, 0.29) is 11.5 Å². The third-order valence-corrected chi connectivity index (χ3v) is 20.0. The van der Waals surface area contributed by atoms with E-state index in [0.717, 1.165) is 39.0 Å². The molecule has 5 aliphatic rings. The van der Waals surface area contributed by atoms with Crippen LogP contribution in [0.4, 0.5) is 0 Å². The fraction of sp³-hybridized carbons (Fsp3) is 0.273. The normalized spacial score (nSPS) is 23.0. The molecule has 13 aromatic carbocycles. The maximum atomic E-state index is 6.34. The predicted octanol–water partition coefficient (Wildman–Crippen LogP) is 10.3. The Morgan fingerprint density at radius 3 is 1.88 bits per heavy atom. The van der Waals surface area contributed by atoms with Gasteiger partial charge in [-0.25, -0.2) is 0 Å². The molecular weight excluding hydrogens is 735 g/mol. The molecule has 13 aromatic rings. The smallest absolute Gasteiger partial charge is 0.0775 e. The molecule has 3 atom stereocenters. The minimum atomic E-state index is -1.48. The molecule has 3 unspecified atom stereocenters. The summed E-state index contributed by atoms with van der Waals surface area (Å²) in [5.74, 6) is 0.444. The standard InChI is InChI=1S/C55H39NO2Si/c1-57-11-12-58-10-9-56-21-32-31-19-28-17-25-15-26-14-23-13-24-16-27-18-29-20-55(32,54(56)22-5-7-30(8-6-22)59(2,3)4)53-39(29)44-38(27)43-34(24)33(23)41-37(26)42-35(25)36(28)45-40(31)52(53)51-49(44)47(43)46(41)48(42)50(45)51/h5-8,13-16,18,32,54H,9-12,17,19-21H2,1-4H3. The fourth-order valence-electron chi connectivity index (χ4n) is 16.4. The van der Waals surface area contributed by atoms with Crippen LogP contribution in [0.2, 0.25) is 19.6 Å². The van der Waals surface area contributed by atoms with Crippen molar-refractivity contribution in [1.29, 1.82) is 0 Å². The molecule has 280 valence electrons. The highest BCUT2D eigenvalue weighted by molar-refractivity contribution is 6.88. The lowest BCUT2D eigenvalue weighted by Crippen LogP contribution is -2.44. The second-order valence-corrected chi connectivity index (χ2v) is 26.2. The van der Waals surface area contributed by atoms with Crippen LogP contribution in [-0.4, -0.2) is 53.0 Å². The summed E-state index contributed by atoms with van der Waals surface area (Å²) in [5, 5.41) is 39.7. The predicted molar refractivity (Wildman–Crippen MR) is 249 cm³/mol. The summed E-state index contributed by atoms with van der Waals surface area (Å²) >= 11 is 0. The quantitative estimate of drug-likeness (QED) is 0.0872. The Hall–Kier alpha value is -5.10. The molecule has 1 fully saturated rings. The van der Waals surface area contributed by atoms with Crippen molar-refractivity contribution in [3.63, 3.8) is 0 Å². The monoisotopic (exact) mass is 773 g/mol. The summed E-state index contributed by atoms with van der Waals surface area (Å²) in [6.45, 7) is 11.5. The van der Waals surface area contributed by atoms with Crippen molar-refractivity contribution < 1.29 is 9.47 Å². The highest BCUT2D eigenvalue weighted by Gasteiger charge is 2.62. The van der Waals surface area contributed by atoms with Gasteiger partial charge in [-0.1, -0.05) is 72.4 Å². The highest BCUT2D eigenvalue weighted by atomic mass is 28.3. The van der Waals surface area contributed by atoms with E-state index in [0.29, 0.717) is 19.1 Å². The Labute approximate surface area is 339 Å². The van der Waals surface area contributed by atoms with Crippen molar-refractivity contribution in [2.75, 3.05) is 40.0 Å². The zero-order valence-electron chi connectivity index (χ0n) is 33.8. The Kier molecular flexibility index (Phi) is 4.43. The molecule has 1 spiro atoms. The van der Waals surface area contributed by atoms with Gasteiger partial charge >= 0.3 is 0 Å². The number of rotatable bonds is 8. The van der Waals surface area contributed by atoms with Crippen LogP contribution in [0.3, 0.4) is 0 Å². The first-order valence-electron chi connectivity index (χ1n) is 22.3. The average Bonchev–Trinajstić information content (AvgIpc) is 4.08. The summed E-state index contributed by atoms with van der Waals surface area (Å²) in [6.07, 6.45) is 3.33. The first-order valence-corrected chi connectivity index (χ1v) is 25.8. The molecule has 0 aromatic heterocycles. The van der Waals surface area contributed by atoms with Crippen LogP contribution in [0.25, 0.3) is 130 Å².